The van der Waals surface area contributed by atoms with Gasteiger partial charge in [-0.1, -0.05) is 24.6 Å². The van der Waals surface area contributed by atoms with Crippen molar-refractivity contribution in [2.75, 3.05) is 7.11 Å². The Balaban J connectivity index is 3.35. The predicted octanol–water partition coefficient (Wildman–Crippen LogP) is 2.39. The van der Waals surface area contributed by atoms with Crippen LogP contribution < -0.4 is 0 Å². The van der Waals surface area contributed by atoms with Gasteiger partial charge in [0.2, 0.25) is 11.6 Å². The Morgan fingerprint density at radius 2 is 1.78 bits per heavy atom. The van der Waals surface area contributed by atoms with Crippen molar-refractivity contribution >= 4 is 15.0 Å². The van der Waals surface area contributed by atoms with Gasteiger partial charge in [0, 0.05) is 18.3 Å². The number of carbonyl (C=O) groups is 1. The fourth-order valence-corrected chi connectivity index (χ4v) is 2.49. The SMILES string of the molecule is COC(O)(C(=O)c1c(C)cc(C)cc1C)C(C)P. The fourth-order valence-electron chi connectivity index (χ4n) is 2.20. The fraction of sp³-hybridized carbons (Fsp3) is 0.500. The van der Waals surface area contributed by atoms with E-state index in [1.54, 1.807) is 6.92 Å². The van der Waals surface area contributed by atoms with E-state index in [-0.39, 0.29) is 5.78 Å². The Bertz CT molecular complexity index is 445. The summed E-state index contributed by atoms with van der Waals surface area (Å²) in [6.07, 6.45) is 0. The van der Waals surface area contributed by atoms with Crippen LogP contribution in [-0.2, 0) is 4.74 Å². The van der Waals surface area contributed by atoms with E-state index in [1.165, 1.54) is 7.11 Å². The first-order valence-corrected chi connectivity index (χ1v) is 6.56. The summed E-state index contributed by atoms with van der Waals surface area (Å²) in [5, 5.41) is 10.3. The first-order chi connectivity index (χ1) is 8.24. The molecule has 0 spiro atoms. The minimum atomic E-state index is -1.80. The third-order valence-corrected chi connectivity index (χ3v) is 3.61. The Labute approximate surface area is 111 Å². The lowest BCUT2D eigenvalue weighted by Crippen LogP contribution is -2.47. The van der Waals surface area contributed by atoms with Crippen molar-refractivity contribution < 1.29 is 14.6 Å². The summed E-state index contributed by atoms with van der Waals surface area (Å²) in [5.41, 5.74) is 2.97. The Hall–Kier alpha value is -0.760. The van der Waals surface area contributed by atoms with Crippen molar-refractivity contribution in [2.45, 2.75) is 39.1 Å². The van der Waals surface area contributed by atoms with Crippen LogP contribution in [0.25, 0.3) is 0 Å². The zero-order valence-corrected chi connectivity index (χ0v) is 12.7. The summed E-state index contributed by atoms with van der Waals surface area (Å²) < 4.78 is 5.04. The zero-order valence-electron chi connectivity index (χ0n) is 11.6. The lowest BCUT2D eigenvalue weighted by Gasteiger charge is -2.29. The summed E-state index contributed by atoms with van der Waals surface area (Å²) in [5.74, 6) is -2.18. The smallest absolute Gasteiger partial charge is 0.237 e. The lowest BCUT2D eigenvalue weighted by molar-refractivity contribution is -0.144. The molecule has 0 aliphatic heterocycles. The summed E-state index contributed by atoms with van der Waals surface area (Å²) in [4.78, 5) is 12.5. The number of rotatable bonds is 4. The molecule has 0 bridgehead atoms. The summed E-state index contributed by atoms with van der Waals surface area (Å²) in [7, 11) is 3.76. The van der Waals surface area contributed by atoms with Crippen LogP contribution >= 0.6 is 9.24 Å². The Kier molecular flexibility index (Phi) is 4.66. The second-order valence-electron chi connectivity index (χ2n) is 4.79. The average Bonchev–Trinajstić information content (AvgIpc) is 2.25. The highest BCUT2D eigenvalue weighted by molar-refractivity contribution is 7.17. The largest absolute Gasteiger partial charge is 0.359 e. The van der Waals surface area contributed by atoms with E-state index in [0.717, 1.165) is 16.7 Å². The van der Waals surface area contributed by atoms with Crippen LogP contribution in [0, 0.1) is 20.8 Å². The van der Waals surface area contributed by atoms with Crippen LogP contribution in [-0.4, -0.2) is 29.4 Å². The van der Waals surface area contributed by atoms with E-state index in [4.69, 9.17) is 4.74 Å². The molecule has 0 heterocycles. The van der Waals surface area contributed by atoms with E-state index in [1.807, 2.05) is 32.9 Å². The number of aliphatic hydroxyl groups is 1. The Morgan fingerprint density at radius 1 is 1.33 bits per heavy atom. The molecular formula is C14H21O3P. The Morgan fingerprint density at radius 3 is 2.11 bits per heavy atom. The zero-order chi connectivity index (χ0) is 14.1. The van der Waals surface area contributed by atoms with Crippen molar-refractivity contribution in [3.63, 3.8) is 0 Å². The van der Waals surface area contributed by atoms with E-state index in [2.05, 4.69) is 9.24 Å². The summed E-state index contributed by atoms with van der Waals surface area (Å²) in [6.45, 7) is 7.45. The molecule has 1 rings (SSSR count). The second-order valence-corrected chi connectivity index (χ2v) is 5.79. The molecule has 0 radical (unpaired) electrons. The second kappa shape index (κ2) is 5.48. The third kappa shape index (κ3) is 2.64. The number of aryl methyl sites for hydroxylation is 3. The predicted molar refractivity (Wildman–Crippen MR) is 76.1 cm³/mol. The molecule has 3 unspecified atom stereocenters. The number of ether oxygens (including phenoxy) is 1. The standard InChI is InChI=1S/C14H21O3P/c1-8-6-9(2)12(10(3)7-8)13(15)14(16,17-5)11(4)18/h6-7,11,16H,18H2,1-5H3. The number of benzene rings is 1. The number of methoxy groups -OCH3 is 1. The molecular weight excluding hydrogens is 247 g/mol. The van der Waals surface area contributed by atoms with Crippen LogP contribution in [0.5, 0.6) is 0 Å². The minimum Gasteiger partial charge on any atom is -0.359 e. The van der Waals surface area contributed by atoms with Gasteiger partial charge in [0.25, 0.3) is 0 Å². The molecule has 100 valence electrons. The first-order valence-electron chi connectivity index (χ1n) is 5.89. The number of hydrogen-bond acceptors (Lipinski definition) is 3. The van der Waals surface area contributed by atoms with Crippen molar-refractivity contribution in [1.29, 1.82) is 0 Å². The minimum absolute atomic E-state index is 0.387. The maximum absolute atomic E-state index is 12.5. The van der Waals surface area contributed by atoms with Gasteiger partial charge in [-0.25, -0.2) is 0 Å². The number of hydrogen-bond donors (Lipinski definition) is 1. The first kappa shape index (κ1) is 15.3. The molecule has 1 N–H and O–H groups in total. The van der Waals surface area contributed by atoms with Gasteiger partial charge in [-0.2, -0.15) is 0 Å². The van der Waals surface area contributed by atoms with Crippen molar-refractivity contribution in [3.8, 4) is 0 Å². The van der Waals surface area contributed by atoms with Crippen LogP contribution in [0.2, 0.25) is 0 Å². The molecule has 0 saturated heterocycles. The maximum atomic E-state index is 12.5. The summed E-state index contributed by atoms with van der Waals surface area (Å²) in [6, 6.07) is 3.87. The quantitative estimate of drug-likeness (QED) is 0.518. The van der Waals surface area contributed by atoms with Crippen LogP contribution in [0.4, 0.5) is 0 Å². The van der Waals surface area contributed by atoms with Gasteiger partial charge in [0.05, 0.1) is 0 Å². The van der Waals surface area contributed by atoms with Crippen molar-refractivity contribution in [2.24, 2.45) is 0 Å². The molecule has 1 aromatic carbocycles. The van der Waals surface area contributed by atoms with E-state index in [9.17, 15) is 9.90 Å². The molecule has 1 aromatic rings. The van der Waals surface area contributed by atoms with Crippen molar-refractivity contribution in [1.82, 2.24) is 0 Å². The topological polar surface area (TPSA) is 46.5 Å². The molecule has 3 nitrogen and oxygen atoms in total. The third-order valence-electron chi connectivity index (χ3n) is 3.16. The molecule has 0 aliphatic rings. The molecule has 4 heteroatoms. The van der Waals surface area contributed by atoms with Gasteiger partial charge in [-0.3, -0.25) is 4.79 Å². The van der Waals surface area contributed by atoms with Gasteiger partial charge >= 0.3 is 0 Å². The molecule has 3 atom stereocenters. The normalized spacial score (nSPS) is 16.2. The molecule has 0 amide bonds. The van der Waals surface area contributed by atoms with Gasteiger partial charge in [-0.15, -0.1) is 9.24 Å². The number of Topliss-reactive ketones (excluding diaryl/α,β-unsaturated/α-hetero) is 1. The molecule has 0 fully saturated rings. The monoisotopic (exact) mass is 268 g/mol. The molecule has 0 aromatic heterocycles. The highest BCUT2D eigenvalue weighted by Crippen LogP contribution is 2.27. The summed E-state index contributed by atoms with van der Waals surface area (Å²) >= 11 is 0. The number of carbonyl (C=O) groups excluding carboxylic acids is 1. The van der Waals surface area contributed by atoms with Gasteiger partial charge in [-0.05, 0) is 31.9 Å². The van der Waals surface area contributed by atoms with E-state index in [0.29, 0.717) is 5.56 Å². The highest BCUT2D eigenvalue weighted by Gasteiger charge is 2.41. The van der Waals surface area contributed by atoms with E-state index < -0.39 is 11.4 Å². The molecule has 0 saturated carbocycles. The van der Waals surface area contributed by atoms with Gasteiger partial charge in [0.1, 0.15) is 0 Å². The highest BCUT2D eigenvalue weighted by atomic mass is 31.0. The van der Waals surface area contributed by atoms with E-state index >= 15 is 0 Å². The van der Waals surface area contributed by atoms with Crippen LogP contribution in [0.1, 0.15) is 34.0 Å². The number of ketones is 1. The van der Waals surface area contributed by atoms with Crippen LogP contribution in [0.3, 0.4) is 0 Å². The van der Waals surface area contributed by atoms with Gasteiger partial charge in [0.15, 0.2) is 0 Å². The average molecular weight is 268 g/mol. The van der Waals surface area contributed by atoms with Crippen molar-refractivity contribution in [3.05, 3.63) is 34.4 Å². The lowest BCUT2D eigenvalue weighted by atomic mass is 9.91. The van der Waals surface area contributed by atoms with Gasteiger partial charge < -0.3 is 9.84 Å². The molecule has 18 heavy (non-hydrogen) atoms. The molecule has 0 aliphatic carbocycles. The maximum Gasteiger partial charge on any atom is 0.237 e. The van der Waals surface area contributed by atoms with Crippen LogP contribution in [0.15, 0.2) is 12.1 Å².